The van der Waals surface area contributed by atoms with Crippen LogP contribution in [0.15, 0.2) is 0 Å². The molecular weight excluding hydrogens is 256 g/mol. The van der Waals surface area contributed by atoms with Crippen LogP contribution in [0.25, 0.3) is 0 Å². The summed E-state index contributed by atoms with van der Waals surface area (Å²) in [6.07, 6.45) is 1.51. The maximum Gasteiger partial charge on any atom is 0.0515 e. The minimum atomic E-state index is 0.384. The summed E-state index contributed by atoms with van der Waals surface area (Å²) in [5.41, 5.74) is 0. The van der Waals surface area contributed by atoms with Gasteiger partial charge >= 0.3 is 0 Å². The van der Waals surface area contributed by atoms with Crippen molar-refractivity contribution in [2.24, 2.45) is 5.92 Å². The van der Waals surface area contributed by atoms with Crippen LogP contribution in [0.5, 0.6) is 0 Å². The summed E-state index contributed by atoms with van der Waals surface area (Å²) in [6, 6.07) is 0. The molecule has 20 heavy (non-hydrogen) atoms. The van der Waals surface area contributed by atoms with Crippen molar-refractivity contribution in [2.75, 3.05) is 48.3 Å². The molecule has 0 spiro atoms. The lowest BCUT2D eigenvalue weighted by Gasteiger charge is -1.97. The molecule has 4 heteroatoms. The average Bonchev–Trinajstić information content (AvgIpc) is 2.41. The van der Waals surface area contributed by atoms with Crippen molar-refractivity contribution in [3.63, 3.8) is 0 Å². The van der Waals surface area contributed by atoms with Crippen LogP contribution in [0.4, 0.5) is 0 Å². The Morgan fingerprint density at radius 2 is 1.15 bits per heavy atom. The molecule has 0 heterocycles. The van der Waals surface area contributed by atoms with E-state index >= 15 is 0 Å². The third kappa shape index (κ3) is 82.3. The molecule has 4 nitrogen and oxygen atoms in total. The van der Waals surface area contributed by atoms with E-state index in [1.54, 1.807) is 28.4 Å². The first-order valence-electron chi connectivity index (χ1n) is 7.37. The smallest absolute Gasteiger partial charge is 0.0515 e. The SMILES string of the molecule is CCCOC.CCOC.COC(C)C.COCC(C)C. The third-order valence-electron chi connectivity index (χ3n) is 1.67. The van der Waals surface area contributed by atoms with Crippen LogP contribution in [-0.4, -0.2) is 54.4 Å². The Morgan fingerprint density at radius 1 is 0.750 bits per heavy atom. The van der Waals surface area contributed by atoms with E-state index in [1.807, 2.05) is 20.8 Å². The number of rotatable bonds is 6. The van der Waals surface area contributed by atoms with Gasteiger partial charge in [0.05, 0.1) is 6.10 Å². The predicted molar refractivity (Wildman–Crippen MR) is 88.6 cm³/mol. The van der Waals surface area contributed by atoms with E-state index in [0.717, 1.165) is 26.2 Å². The van der Waals surface area contributed by atoms with Crippen LogP contribution in [0.3, 0.4) is 0 Å². The van der Waals surface area contributed by atoms with Crippen molar-refractivity contribution in [3.8, 4) is 0 Å². The summed E-state index contributed by atoms with van der Waals surface area (Å²) in [7, 11) is 6.81. The van der Waals surface area contributed by atoms with Crippen LogP contribution in [0.2, 0.25) is 0 Å². The van der Waals surface area contributed by atoms with Gasteiger partial charge in [-0.3, -0.25) is 0 Å². The highest BCUT2D eigenvalue weighted by Gasteiger charge is 1.85. The fourth-order valence-electron chi connectivity index (χ4n) is 0.537. The van der Waals surface area contributed by atoms with E-state index in [1.165, 1.54) is 0 Å². The molecule has 0 N–H and O–H groups in total. The molecule has 0 aromatic carbocycles. The predicted octanol–water partition coefficient (Wildman–Crippen LogP) is 4.03. The number of hydrogen-bond donors (Lipinski definition) is 0. The summed E-state index contributed by atoms with van der Waals surface area (Å²) < 4.78 is 18.8. The molecule has 0 aromatic heterocycles. The molecule has 0 aliphatic rings. The number of ether oxygens (including phenoxy) is 4. The summed E-state index contributed by atoms with van der Waals surface area (Å²) in [4.78, 5) is 0. The van der Waals surface area contributed by atoms with Gasteiger partial charge in [-0.25, -0.2) is 0 Å². The lowest BCUT2D eigenvalue weighted by Crippen LogP contribution is -1.96. The van der Waals surface area contributed by atoms with Crippen molar-refractivity contribution in [1.82, 2.24) is 0 Å². The zero-order valence-corrected chi connectivity index (χ0v) is 15.6. The van der Waals surface area contributed by atoms with Gasteiger partial charge in [0, 0.05) is 48.3 Å². The van der Waals surface area contributed by atoms with Crippen molar-refractivity contribution in [3.05, 3.63) is 0 Å². The standard InChI is InChI=1S/C5H12O.2C4H10O.C3H8O/c1-5(2)4-6-3;1-4(2)5-3;1-3-4-5-2;1-3-4-2/h5H,4H2,1-3H3;4H,1-3H3;3-4H2,1-2H3;3H2,1-2H3. The van der Waals surface area contributed by atoms with Gasteiger partial charge in [0.25, 0.3) is 0 Å². The van der Waals surface area contributed by atoms with Gasteiger partial charge in [-0.15, -0.1) is 0 Å². The number of methoxy groups -OCH3 is 4. The Kier molecular flexibility index (Phi) is 43.9. The van der Waals surface area contributed by atoms with Crippen molar-refractivity contribution in [2.45, 2.75) is 54.1 Å². The molecular formula is C16H40O4. The summed E-state index contributed by atoms with van der Waals surface area (Å²) in [5, 5.41) is 0. The quantitative estimate of drug-likeness (QED) is 0.741. The zero-order chi connectivity index (χ0) is 16.8. The van der Waals surface area contributed by atoms with E-state index in [0.29, 0.717) is 12.0 Å². The molecule has 0 saturated carbocycles. The molecule has 0 fully saturated rings. The van der Waals surface area contributed by atoms with Gasteiger partial charge in [-0.1, -0.05) is 20.8 Å². The summed E-state index contributed by atoms with van der Waals surface area (Å²) in [6.45, 7) is 14.9. The molecule has 0 aliphatic heterocycles. The molecule has 0 rings (SSSR count). The molecule has 0 aliphatic carbocycles. The van der Waals surface area contributed by atoms with Gasteiger partial charge in [0.15, 0.2) is 0 Å². The maximum atomic E-state index is 4.80. The van der Waals surface area contributed by atoms with E-state index in [-0.39, 0.29) is 0 Å². The second kappa shape index (κ2) is 31.3. The lowest BCUT2D eigenvalue weighted by molar-refractivity contribution is 0.134. The molecule has 128 valence electrons. The summed E-state index contributed by atoms with van der Waals surface area (Å²) in [5.74, 6) is 0.676. The van der Waals surface area contributed by atoms with Crippen LogP contribution in [0, 0.1) is 5.92 Å². The molecule has 0 bridgehead atoms. The molecule has 0 aromatic rings. The van der Waals surface area contributed by atoms with Crippen LogP contribution >= 0.6 is 0 Å². The highest BCUT2D eigenvalue weighted by atomic mass is 16.5. The number of hydrogen-bond acceptors (Lipinski definition) is 4. The van der Waals surface area contributed by atoms with Crippen molar-refractivity contribution in [1.29, 1.82) is 0 Å². The Labute approximate surface area is 128 Å². The van der Waals surface area contributed by atoms with Crippen LogP contribution < -0.4 is 0 Å². The Hall–Kier alpha value is -0.160. The van der Waals surface area contributed by atoms with Crippen molar-refractivity contribution < 1.29 is 18.9 Å². The molecule has 0 saturated heterocycles. The molecule has 0 unspecified atom stereocenters. The van der Waals surface area contributed by atoms with Gasteiger partial charge in [-0.2, -0.15) is 0 Å². The molecule has 0 atom stereocenters. The first kappa shape index (κ1) is 28.1. The Balaban J connectivity index is -0.0000000862. The highest BCUT2D eigenvalue weighted by molar-refractivity contribution is 4.35. The Morgan fingerprint density at radius 3 is 1.15 bits per heavy atom. The van der Waals surface area contributed by atoms with E-state index < -0.39 is 0 Å². The fourth-order valence-corrected chi connectivity index (χ4v) is 0.537. The van der Waals surface area contributed by atoms with Gasteiger partial charge in [0.1, 0.15) is 0 Å². The Bertz CT molecular complexity index is 113. The highest BCUT2D eigenvalue weighted by Crippen LogP contribution is 1.88. The van der Waals surface area contributed by atoms with Crippen LogP contribution in [-0.2, 0) is 18.9 Å². The minimum absolute atomic E-state index is 0.384. The van der Waals surface area contributed by atoms with Gasteiger partial charge in [0.2, 0.25) is 0 Å². The lowest BCUT2D eigenvalue weighted by atomic mass is 10.2. The normalized spacial score (nSPS) is 9.00. The average molecular weight is 296 g/mol. The monoisotopic (exact) mass is 296 g/mol. The third-order valence-corrected chi connectivity index (χ3v) is 1.67. The second-order valence-corrected chi connectivity index (χ2v) is 4.70. The maximum absolute atomic E-state index is 4.80. The first-order chi connectivity index (χ1) is 9.37. The molecule has 0 amide bonds. The fraction of sp³-hybridized carbons (Fsp3) is 1.00. The molecule has 0 radical (unpaired) electrons. The van der Waals surface area contributed by atoms with E-state index in [9.17, 15) is 0 Å². The first-order valence-corrected chi connectivity index (χ1v) is 7.37. The topological polar surface area (TPSA) is 36.9 Å². The van der Waals surface area contributed by atoms with E-state index in [4.69, 9.17) is 14.2 Å². The zero-order valence-electron chi connectivity index (χ0n) is 15.6. The summed E-state index contributed by atoms with van der Waals surface area (Å²) >= 11 is 0. The minimum Gasteiger partial charge on any atom is -0.385 e. The van der Waals surface area contributed by atoms with Gasteiger partial charge < -0.3 is 18.9 Å². The largest absolute Gasteiger partial charge is 0.385 e. The van der Waals surface area contributed by atoms with Crippen LogP contribution in [0.1, 0.15) is 48.0 Å². The van der Waals surface area contributed by atoms with E-state index in [2.05, 4.69) is 25.5 Å². The van der Waals surface area contributed by atoms with Crippen molar-refractivity contribution >= 4 is 0 Å². The second-order valence-electron chi connectivity index (χ2n) is 4.70. The van der Waals surface area contributed by atoms with Gasteiger partial charge in [-0.05, 0) is 33.1 Å².